The van der Waals surface area contributed by atoms with Gasteiger partial charge < -0.3 is 4.74 Å². The molecule has 0 aliphatic heterocycles. The summed E-state index contributed by atoms with van der Waals surface area (Å²) in [6.45, 7) is 0. The molecule has 0 bridgehead atoms. The number of anilines is 1. The summed E-state index contributed by atoms with van der Waals surface area (Å²) >= 11 is 0. The highest BCUT2D eigenvalue weighted by molar-refractivity contribution is 5.57. The molecule has 0 unspecified atom stereocenters. The zero-order valence-electron chi connectivity index (χ0n) is 9.83. The molecule has 10 heteroatoms. The standard InChI is InChI=1S/C10H9F6NO3/c1-20-7-3-2-5(4-6(7)17(18)19)8(9(11,12)13)10(14,15)16/h2-4,8,18-19H,1H3. The van der Waals surface area contributed by atoms with Gasteiger partial charge in [0.05, 0.1) is 7.11 Å². The van der Waals surface area contributed by atoms with E-state index in [1.165, 1.54) is 0 Å². The molecule has 0 radical (unpaired) electrons. The predicted molar refractivity (Wildman–Crippen MR) is 53.9 cm³/mol. The zero-order chi connectivity index (χ0) is 15.7. The lowest BCUT2D eigenvalue weighted by molar-refractivity contribution is -0.253. The molecule has 0 aliphatic rings. The van der Waals surface area contributed by atoms with Gasteiger partial charge in [0, 0.05) is 0 Å². The topological polar surface area (TPSA) is 52.9 Å². The molecule has 114 valence electrons. The average molecular weight is 305 g/mol. The van der Waals surface area contributed by atoms with Crippen molar-refractivity contribution in [1.29, 1.82) is 0 Å². The minimum atomic E-state index is -5.57. The lowest BCUT2D eigenvalue weighted by Gasteiger charge is -2.24. The number of ether oxygens (including phenoxy) is 1. The summed E-state index contributed by atoms with van der Waals surface area (Å²) in [5.74, 6) is -4.04. The van der Waals surface area contributed by atoms with Gasteiger partial charge in [-0.3, -0.25) is 10.4 Å². The molecule has 4 nitrogen and oxygen atoms in total. The van der Waals surface area contributed by atoms with Gasteiger partial charge in [0.15, 0.2) is 5.92 Å². The Bertz CT molecular complexity index is 457. The van der Waals surface area contributed by atoms with Crippen LogP contribution in [0.4, 0.5) is 32.0 Å². The van der Waals surface area contributed by atoms with E-state index < -0.39 is 34.7 Å². The molecule has 0 amide bonds. The molecule has 1 aromatic rings. The largest absolute Gasteiger partial charge is 0.494 e. The molecule has 0 fully saturated rings. The van der Waals surface area contributed by atoms with E-state index >= 15 is 0 Å². The summed E-state index contributed by atoms with van der Waals surface area (Å²) in [5.41, 5.74) is -1.93. The summed E-state index contributed by atoms with van der Waals surface area (Å²) in [4.78, 5) is 0. The van der Waals surface area contributed by atoms with Gasteiger partial charge in [-0.05, 0) is 17.7 Å². The normalized spacial score (nSPS) is 12.7. The first kappa shape index (κ1) is 16.4. The second-order valence-corrected chi connectivity index (χ2v) is 3.74. The zero-order valence-corrected chi connectivity index (χ0v) is 9.83. The van der Waals surface area contributed by atoms with Gasteiger partial charge in [-0.15, -0.1) is 5.23 Å². The first-order valence-corrected chi connectivity index (χ1v) is 4.97. The Morgan fingerprint density at radius 2 is 1.55 bits per heavy atom. The Morgan fingerprint density at radius 3 is 1.90 bits per heavy atom. The smallest absolute Gasteiger partial charge is 0.404 e. The second-order valence-electron chi connectivity index (χ2n) is 3.74. The van der Waals surface area contributed by atoms with Gasteiger partial charge in [-0.25, -0.2) is 0 Å². The third-order valence-electron chi connectivity index (χ3n) is 2.41. The van der Waals surface area contributed by atoms with Crippen LogP contribution < -0.4 is 9.96 Å². The molecule has 0 aromatic heterocycles. The quantitative estimate of drug-likeness (QED) is 0.663. The van der Waals surface area contributed by atoms with Gasteiger partial charge in [-0.1, -0.05) is 6.07 Å². The lowest BCUT2D eigenvalue weighted by Crippen LogP contribution is -2.34. The van der Waals surface area contributed by atoms with E-state index in [1.807, 2.05) is 0 Å². The van der Waals surface area contributed by atoms with Crippen LogP contribution >= 0.6 is 0 Å². The van der Waals surface area contributed by atoms with Crippen LogP contribution in [0.15, 0.2) is 18.2 Å². The molecule has 20 heavy (non-hydrogen) atoms. The monoisotopic (exact) mass is 305 g/mol. The number of hydrogen-bond donors (Lipinski definition) is 2. The van der Waals surface area contributed by atoms with E-state index in [2.05, 4.69) is 4.74 Å². The fraction of sp³-hybridized carbons (Fsp3) is 0.400. The Balaban J connectivity index is 3.40. The maximum absolute atomic E-state index is 12.5. The van der Waals surface area contributed by atoms with Crippen LogP contribution in [-0.4, -0.2) is 29.9 Å². The molecule has 0 spiro atoms. The maximum Gasteiger partial charge on any atom is 0.404 e. The lowest BCUT2D eigenvalue weighted by atomic mass is 9.97. The van der Waals surface area contributed by atoms with Crippen LogP contribution in [0.5, 0.6) is 5.75 Å². The SMILES string of the molecule is COc1ccc(C(C(F)(F)F)C(F)(F)F)cc1N(O)O. The van der Waals surface area contributed by atoms with Crippen molar-refractivity contribution in [3.8, 4) is 5.75 Å². The highest BCUT2D eigenvalue weighted by Gasteiger charge is 2.57. The number of nitrogens with zero attached hydrogens (tertiary/aromatic N) is 1. The second kappa shape index (κ2) is 5.37. The Kier molecular flexibility index (Phi) is 4.39. The van der Waals surface area contributed by atoms with Crippen molar-refractivity contribution in [3.05, 3.63) is 23.8 Å². The van der Waals surface area contributed by atoms with Crippen LogP contribution in [0.1, 0.15) is 11.5 Å². The third kappa shape index (κ3) is 3.45. The van der Waals surface area contributed by atoms with E-state index in [1.54, 1.807) is 0 Å². The van der Waals surface area contributed by atoms with Crippen molar-refractivity contribution < 1.29 is 41.5 Å². The van der Waals surface area contributed by atoms with Crippen molar-refractivity contribution in [2.75, 3.05) is 12.3 Å². The number of methoxy groups -OCH3 is 1. The highest BCUT2D eigenvalue weighted by Crippen LogP contribution is 2.47. The summed E-state index contributed by atoms with van der Waals surface area (Å²) in [7, 11) is 1.06. The summed E-state index contributed by atoms with van der Waals surface area (Å²) in [5, 5.41) is 17.0. The molecule has 0 aliphatic carbocycles. The molecule has 0 heterocycles. The van der Waals surface area contributed by atoms with Crippen molar-refractivity contribution >= 4 is 5.69 Å². The minimum absolute atomic E-state index is 0.304. The number of rotatable bonds is 3. The number of alkyl halides is 6. The first-order chi connectivity index (χ1) is 8.98. The Hall–Kier alpha value is -1.68. The molecule has 1 rings (SSSR count). The van der Waals surface area contributed by atoms with E-state index in [4.69, 9.17) is 10.4 Å². The van der Waals surface area contributed by atoms with E-state index in [-0.39, 0.29) is 5.75 Å². The maximum atomic E-state index is 12.5. The number of hydrogen-bond acceptors (Lipinski definition) is 4. The first-order valence-electron chi connectivity index (χ1n) is 4.97. The van der Waals surface area contributed by atoms with E-state index in [0.29, 0.717) is 12.1 Å². The van der Waals surface area contributed by atoms with Gasteiger partial charge in [0.1, 0.15) is 11.4 Å². The average Bonchev–Trinajstić information content (AvgIpc) is 2.24. The molecular formula is C10H9F6NO3. The van der Waals surface area contributed by atoms with Crippen LogP contribution in [0.3, 0.4) is 0 Å². The van der Waals surface area contributed by atoms with E-state index in [0.717, 1.165) is 13.2 Å². The minimum Gasteiger partial charge on any atom is -0.494 e. The van der Waals surface area contributed by atoms with Crippen molar-refractivity contribution in [2.45, 2.75) is 18.3 Å². The molecular weight excluding hydrogens is 296 g/mol. The fourth-order valence-electron chi connectivity index (χ4n) is 1.61. The highest BCUT2D eigenvalue weighted by atomic mass is 19.4. The van der Waals surface area contributed by atoms with Gasteiger partial charge in [0.25, 0.3) is 0 Å². The van der Waals surface area contributed by atoms with Gasteiger partial charge in [0.2, 0.25) is 0 Å². The van der Waals surface area contributed by atoms with Crippen molar-refractivity contribution in [1.82, 2.24) is 0 Å². The molecule has 2 N–H and O–H groups in total. The fourth-order valence-corrected chi connectivity index (χ4v) is 1.61. The predicted octanol–water partition coefficient (Wildman–Crippen LogP) is 3.49. The summed E-state index contributed by atoms with van der Waals surface area (Å²) in [6, 6.07) is 1.66. The van der Waals surface area contributed by atoms with Crippen LogP contribution in [-0.2, 0) is 0 Å². The summed E-state index contributed by atoms with van der Waals surface area (Å²) < 4.78 is 79.8. The van der Waals surface area contributed by atoms with Crippen molar-refractivity contribution in [3.63, 3.8) is 0 Å². The molecule has 1 aromatic carbocycles. The molecule has 0 saturated carbocycles. The summed E-state index contributed by atoms with van der Waals surface area (Å²) in [6.07, 6.45) is -11.1. The Labute approximate surface area is 108 Å². The third-order valence-corrected chi connectivity index (χ3v) is 2.41. The van der Waals surface area contributed by atoms with Gasteiger partial charge >= 0.3 is 12.4 Å². The van der Waals surface area contributed by atoms with Crippen LogP contribution in [0.25, 0.3) is 0 Å². The van der Waals surface area contributed by atoms with Crippen LogP contribution in [0, 0.1) is 0 Å². The van der Waals surface area contributed by atoms with Crippen molar-refractivity contribution in [2.24, 2.45) is 0 Å². The molecule has 0 atom stereocenters. The van der Waals surface area contributed by atoms with Gasteiger partial charge in [-0.2, -0.15) is 26.3 Å². The Morgan fingerprint density at radius 1 is 1.05 bits per heavy atom. The van der Waals surface area contributed by atoms with Crippen LogP contribution in [0.2, 0.25) is 0 Å². The molecule has 0 saturated heterocycles. The van der Waals surface area contributed by atoms with E-state index in [9.17, 15) is 26.3 Å². The number of benzene rings is 1. The number of halogens is 6.